The van der Waals surface area contributed by atoms with Crippen molar-refractivity contribution < 1.29 is 86.3 Å². The molecule has 6 aromatic carbocycles. The topological polar surface area (TPSA) is 421 Å². The summed E-state index contributed by atoms with van der Waals surface area (Å²) in [5.41, 5.74) is -2.26. The fraction of sp³-hybridized carbons (Fsp3) is 0.125. The van der Waals surface area contributed by atoms with Crippen molar-refractivity contribution in [3.63, 3.8) is 0 Å². The van der Waals surface area contributed by atoms with Crippen LogP contribution in [0.3, 0.4) is 0 Å². The number of carboxylic acids is 1. The minimum atomic E-state index is -5.21. The van der Waals surface area contributed by atoms with E-state index in [0.29, 0.717) is 17.1 Å². The molecule has 27 nitrogen and oxygen atoms in total. The molecule has 1 unspecified atom stereocenters. The Morgan fingerprint density at radius 1 is 0.634 bits per heavy atom. The van der Waals surface area contributed by atoms with E-state index in [1.165, 1.54) is 24.3 Å². The third-order valence-electron chi connectivity index (χ3n) is 9.85. The number of hydrazone groups is 1. The van der Waals surface area contributed by atoms with Gasteiger partial charge in [-0.3, -0.25) is 23.0 Å². The Labute approximate surface area is 399 Å². The van der Waals surface area contributed by atoms with Gasteiger partial charge in [0.25, 0.3) is 46.4 Å². The third-order valence-corrected chi connectivity index (χ3v) is 13.3. The van der Waals surface area contributed by atoms with Crippen LogP contribution < -0.4 is 14.5 Å². The number of hydrogen-bond acceptors (Lipinski definition) is 21. The molecule has 0 bridgehead atoms. The second kappa shape index (κ2) is 19.1. The van der Waals surface area contributed by atoms with Crippen molar-refractivity contribution in [1.82, 2.24) is 0 Å². The highest BCUT2D eigenvalue weighted by Crippen LogP contribution is 2.46. The van der Waals surface area contributed by atoms with Crippen LogP contribution in [-0.2, 0) is 50.1 Å². The number of benzene rings is 6. The molecule has 1 atom stereocenters. The normalized spacial score (nSPS) is 14.9. The molecular weight excluding hydrogens is 1020 g/mol. The van der Waals surface area contributed by atoms with Crippen molar-refractivity contribution in [3.05, 3.63) is 84.9 Å². The fourth-order valence-electron chi connectivity index (χ4n) is 6.77. The highest BCUT2D eigenvalue weighted by molar-refractivity contribution is 7.86. The fourth-order valence-corrected chi connectivity index (χ4v) is 9.11. The molecule has 0 saturated carbocycles. The minimum absolute atomic E-state index is 0.00171. The quantitative estimate of drug-likeness (QED) is 0.0380. The summed E-state index contributed by atoms with van der Waals surface area (Å²) in [6.45, 7) is 3.16. The first kappa shape index (κ1) is 51.0. The van der Waals surface area contributed by atoms with Gasteiger partial charge >= 0.3 is 5.97 Å². The maximum absolute atomic E-state index is 13.3. The number of hydrogen-bond donors (Lipinski definition) is 7. The van der Waals surface area contributed by atoms with Gasteiger partial charge in [0, 0.05) is 29.0 Å². The molecule has 71 heavy (non-hydrogen) atoms. The van der Waals surface area contributed by atoms with Gasteiger partial charge in [0.05, 0.1) is 45.5 Å². The Kier molecular flexibility index (Phi) is 13.7. The Balaban J connectivity index is 1.24. The van der Waals surface area contributed by atoms with Gasteiger partial charge in [-0.15, -0.1) is 20.5 Å². The van der Waals surface area contributed by atoms with Gasteiger partial charge < -0.3 is 24.8 Å². The lowest BCUT2D eigenvalue weighted by atomic mass is 10.1. The molecule has 1 heterocycles. The lowest BCUT2D eigenvalue weighted by molar-refractivity contribution is -0.130. The Hall–Kier alpha value is -7.91. The van der Waals surface area contributed by atoms with Crippen molar-refractivity contribution in [2.45, 2.75) is 39.5 Å². The Bertz CT molecular complexity index is 3830. The number of phenolic OH excluding ortho intramolecular Hbond substituents is 2. The van der Waals surface area contributed by atoms with Gasteiger partial charge in [-0.05, 0) is 86.0 Å². The molecule has 6 aromatic rings. The standard InChI is InChI=1S/C40H32N8O19S4/c1-3-66-30-18-28(31(67-4-2)17-27(30)43-42-26-11-12-32(70(60,61)62)25-15-23(69(57,58)59)16-29(49)34(25)26)44-45-35-33(71(63,64)65)14-19-13-20(5-10-24(19)38(35)50)41-46-36-37(40(52)53)47-48(39(36)51)21-6-8-22(9-7-21)68(54,55)56/h5-18,36,49-50H,3-4H2,1-2H3,(H,52,53)(H,54,55,56)(H,57,58,59)(H,60,61,62)(H,63,64,65). The second-order valence-corrected chi connectivity index (χ2v) is 20.1. The molecule has 1 aliphatic heterocycles. The smallest absolute Gasteiger partial charge is 0.355 e. The first-order valence-corrected chi connectivity index (χ1v) is 25.4. The predicted molar refractivity (Wildman–Crippen MR) is 245 cm³/mol. The highest BCUT2D eigenvalue weighted by atomic mass is 32.2. The van der Waals surface area contributed by atoms with E-state index in [9.17, 15) is 76.8 Å². The van der Waals surface area contributed by atoms with Crippen LogP contribution in [0.5, 0.6) is 23.0 Å². The van der Waals surface area contributed by atoms with Crippen LogP contribution in [0, 0.1) is 0 Å². The molecule has 370 valence electrons. The van der Waals surface area contributed by atoms with Gasteiger partial charge in [0.2, 0.25) is 6.04 Å². The summed E-state index contributed by atoms with van der Waals surface area (Å²) in [6, 6.07) is 12.4. The molecule has 0 radical (unpaired) electrons. The van der Waals surface area contributed by atoms with E-state index in [4.69, 9.17) is 9.47 Å². The Morgan fingerprint density at radius 2 is 1.21 bits per heavy atom. The number of anilines is 1. The van der Waals surface area contributed by atoms with Crippen LogP contribution >= 0.6 is 0 Å². The van der Waals surface area contributed by atoms with Gasteiger partial charge in [-0.1, -0.05) is 0 Å². The van der Waals surface area contributed by atoms with Crippen molar-refractivity contribution in [1.29, 1.82) is 0 Å². The van der Waals surface area contributed by atoms with Crippen LogP contribution in [0.15, 0.2) is 140 Å². The van der Waals surface area contributed by atoms with Gasteiger partial charge in [0.1, 0.15) is 44.1 Å². The zero-order valence-corrected chi connectivity index (χ0v) is 39.1. The predicted octanol–water partition coefficient (Wildman–Crippen LogP) is 6.96. The number of rotatable bonds is 16. The molecular formula is C40H32N8O19S4. The first-order chi connectivity index (χ1) is 33.2. The number of azo groups is 3. The van der Waals surface area contributed by atoms with Gasteiger partial charge in [0.15, 0.2) is 11.5 Å². The summed E-state index contributed by atoms with van der Waals surface area (Å²) < 4.78 is 147. The van der Waals surface area contributed by atoms with Crippen molar-refractivity contribution in [2.24, 2.45) is 35.8 Å². The van der Waals surface area contributed by atoms with Crippen molar-refractivity contribution in [2.75, 3.05) is 18.2 Å². The number of carboxylic acid groups (broad SMARTS) is 1. The molecule has 31 heteroatoms. The number of phenols is 2. The second-order valence-electron chi connectivity index (χ2n) is 14.4. The van der Waals surface area contributed by atoms with E-state index < -0.39 is 112 Å². The molecule has 0 aromatic heterocycles. The maximum atomic E-state index is 13.3. The molecule has 1 amide bonds. The van der Waals surface area contributed by atoms with E-state index in [-0.39, 0.29) is 63.9 Å². The zero-order valence-electron chi connectivity index (χ0n) is 35.8. The van der Waals surface area contributed by atoms with Crippen molar-refractivity contribution >= 4 is 114 Å². The summed E-state index contributed by atoms with van der Waals surface area (Å²) in [5.74, 6) is -4.54. The summed E-state index contributed by atoms with van der Waals surface area (Å²) in [5, 5.41) is 59.2. The van der Waals surface area contributed by atoms with Crippen LogP contribution in [0.4, 0.5) is 34.1 Å². The minimum Gasteiger partial charge on any atom is -0.507 e. The number of ether oxygens (including phenoxy) is 2. The number of nitrogens with zero attached hydrogens (tertiary/aromatic N) is 8. The zero-order chi connectivity index (χ0) is 52.0. The summed E-state index contributed by atoms with van der Waals surface area (Å²) in [4.78, 5) is 22.1. The summed E-state index contributed by atoms with van der Waals surface area (Å²) >= 11 is 0. The largest absolute Gasteiger partial charge is 0.507 e. The van der Waals surface area contributed by atoms with E-state index in [2.05, 4.69) is 35.8 Å². The van der Waals surface area contributed by atoms with Gasteiger partial charge in [-0.25, -0.2) is 4.79 Å². The number of aliphatic carboxylic acids is 1. The van der Waals surface area contributed by atoms with Crippen LogP contribution in [0.1, 0.15) is 13.8 Å². The molecule has 0 saturated heterocycles. The van der Waals surface area contributed by atoms with Crippen LogP contribution in [0.2, 0.25) is 0 Å². The number of aromatic hydroxyl groups is 2. The van der Waals surface area contributed by atoms with E-state index in [1.54, 1.807) is 13.8 Å². The monoisotopic (exact) mass is 1060 g/mol. The lowest BCUT2D eigenvalue weighted by Gasteiger charge is -2.13. The van der Waals surface area contributed by atoms with Crippen LogP contribution in [0.25, 0.3) is 21.5 Å². The van der Waals surface area contributed by atoms with Gasteiger partial charge in [-0.2, -0.15) is 54.0 Å². The maximum Gasteiger partial charge on any atom is 0.355 e. The Morgan fingerprint density at radius 3 is 1.76 bits per heavy atom. The molecule has 0 aliphatic carbocycles. The molecule has 7 rings (SSSR count). The third kappa shape index (κ3) is 10.7. The molecule has 0 fully saturated rings. The number of fused-ring (bicyclic) bond motifs is 2. The van der Waals surface area contributed by atoms with E-state index >= 15 is 0 Å². The van der Waals surface area contributed by atoms with E-state index in [1.807, 2.05) is 0 Å². The lowest BCUT2D eigenvalue weighted by Crippen LogP contribution is -2.33. The average Bonchev–Trinajstić information content (AvgIpc) is 3.62. The SMILES string of the molecule is CCOc1cc(N=Nc2ccc(S(=O)(=O)O)c3cc(S(=O)(=O)O)cc(O)c23)c(OCC)cc1N=Nc1c(S(=O)(=O)O)cc2cc(N=NC3C(=O)N(c4ccc(S(=O)(=O)O)cc4)N=C3C(=O)O)ccc2c1O. The van der Waals surface area contributed by atoms with E-state index in [0.717, 1.165) is 48.5 Å². The number of carbonyl (C=O) groups is 2. The molecule has 7 N–H and O–H groups in total. The van der Waals surface area contributed by atoms with Crippen LogP contribution in [-0.4, -0.2) is 104 Å². The average molecular weight is 1060 g/mol. The van der Waals surface area contributed by atoms with Crippen molar-refractivity contribution in [3.8, 4) is 23.0 Å². The molecule has 0 spiro atoms. The first-order valence-electron chi connectivity index (χ1n) is 19.6. The highest BCUT2D eigenvalue weighted by Gasteiger charge is 2.41. The summed E-state index contributed by atoms with van der Waals surface area (Å²) in [7, 11) is -19.8. The summed E-state index contributed by atoms with van der Waals surface area (Å²) in [6.07, 6.45) is 0. The number of amides is 1. The molecule has 1 aliphatic rings. The number of carbonyl (C=O) groups excluding carboxylic acids is 1.